The van der Waals surface area contributed by atoms with E-state index in [1.54, 1.807) is 7.11 Å². The molecule has 0 aliphatic rings. The molecule has 0 amide bonds. The Hall–Kier alpha value is -3.07. The summed E-state index contributed by atoms with van der Waals surface area (Å²) in [6.45, 7) is 0. The molecule has 0 spiro atoms. The molecule has 4 rings (SSSR count). The topological polar surface area (TPSA) is 37.9 Å². The summed E-state index contributed by atoms with van der Waals surface area (Å²) in [5, 5.41) is 1.21. The van der Waals surface area contributed by atoms with Crippen LogP contribution in [0.4, 0.5) is 0 Å². The molecule has 4 aromatic rings. The van der Waals surface area contributed by atoms with Gasteiger partial charge in [-0.1, -0.05) is 30.3 Å². The highest BCUT2D eigenvalue weighted by molar-refractivity contribution is 5.95. The van der Waals surface area contributed by atoms with Gasteiger partial charge in [-0.2, -0.15) is 0 Å². The highest BCUT2D eigenvalue weighted by Crippen LogP contribution is 2.31. The third kappa shape index (κ3) is 2.46. The number of benzene rings is 2. The molecule has 0 saturated heterocycles. The fraction of sp³-hybridized carbons (Fsp3) is 0.0500. The summed E-state index contributed by atoms with van der Waals surface area (Å²) in [5.41, 5.74) is 5.63. The van der Waals surface area contributed by atoms with E-state index in [1.807, 2.05) is 36.8 Å². The third-order valence-corrected chi connectivity index (χ3v) is 4.06. The van der Waals surface area contributed by atoms with Crippen molar-refractivity contribution in [2.75, 3.05) is 7.11 Å². The van der Waals surface area contributed by atoms with Gasteiger partial charge in [-0.05, 0) is 29.8 Å². The molecule has 0 unspecified atom stereocenters. The zero-order valence-corrected chi connectivity index (χ0v) is 12.8. The summed E-state index contributed by atoms with van der Waals surface area (Å²) in [4.78, 5) is 7.74. The molecular weight excluding hydrogens is 284 g/mol. The standard InChI is InChI=1S/C20H16N2O/c1-23-17-8-6-14(7-9-17)15-10-16(12-21-11-15)19-13-22-20-5-3-2-4-18(19)20/h2-13,22H,1H3. The van der Waals surface area contributed by atoms with Gasteiger partial charge in [0.1, 0.15) is 5.75 Å². The Morgan fingerprint density at radius 1 is 0.870 bits per heavy atom. The normalized spacial score (nSPS) is 10.8. The number of aromatic amines is 1. The van der Waals surface area contributed by atoms with Crippen LogP contribution in [-0.4, -0.2) is 17.1 Å². The van der Waals surface area contributed by atoms with Crippen molar-refractivity contribution in [3.63, 3.8) is 0 Å². The largest absolute Gasteiger partial charge is 0.497 e. The molecule has 0 aliphatic carbocycles. The molecule has 0 atom stereocenters. The summed E-state index contributed by atoms with van der Waals surface area (Å²) in [5.74, 6) is 0.856. The molecule has 112 valence electrons. The average molecular weight is 300 g/mol. The maximum atomic E-state index is 5.22. The number of H-pyrrole nitrogens is 1. The van der Waals surface area contributed by atoms with Gasteiger partial charge in [-0.3, -0.25) is 4.98 Å². The first kappa shape index (κ1) is 13.6. The number of nitrogens with one attached hydrogen (secondary N) is 1. The smallest absolute Gasteiger partial charge is 0.118 e. The first-order valence-electron chi connectivity index (χ1n) is 7.51. The number of hydrogen-bond acceptors (Lipinski definition) is 2. The van der Waals surface area contributed by atoms with Crippen molar-refractivity contribution in [2.24, 2.45) is 0 Å². The van der Waals surface area contributed by atoms with Gasteiger partial charge in [0.25, 0.3) is 0 Å². The minimum Gasteiger partial charge on any atom is -0.497 e. The van der Waals surface area contributed by atoms with Crippen LogP contribution in [0, 0.1) is 0 Å². The lowest BCUT2D eigenvalue weighted by Crippen LogP contribution is -1.85. The summed E-state index contributed by atoms with van der Waals surface area (Å²) in [7, 11) is 1.67. The highest BCUT2D eigenvalue weighted by atomic mass is 16.5. The molecule has 1 N–H and O–H groups in total. The van der Waals surface area contributed by atoms with Gasteiger partial charge in [-0.25, -0.2) is 0 Å². The van der Waals surface area contributed by atoms with Crippen LogP contribution in [0.2, 0.25) is 0 Å². The lowest BCUT2D eigenvalue weighted by molar-refractivity contribution is 0.415. The van der Waals surface area contributed by atoms with Gasteiger partial charge in [0.05, 0.1) is 7.11 Å². The van der Waals surface area contributed by atoms with E-state index >= 15 is 0 Å². The van der Waals surface area contributed by atoms with E-state index in [4.69, 9.17) is 4.74 Å². The van der Waals surface area contributed by atoms with Gasteiger partial charge in [0.2, 0.25) is 0 Å². The second-order valence-electron chi connectivity index (χ2n) is 5.44. The second-order valence-corrected chi connectivity index (χ2v) is 5.44. The van der Waals surface area contributed by atoms with Crippen molar-refractivity contribution < 1.29 is 4.74 Å². The predicted octanol–water partition coefficient (Wildman–Crippen LogP) is 4.91. The third-order valence-electron chi connectivity index (χ3n) is 4.06. The number of rotatable bonds is 3. The van der Waals surface area contributed by atoms with E-state index < -0.39 is 0 Å². The Bertz CT molecular complexity index is 955. The van der Waals surface area contributed by atoms with Crippen LogP contribution in [0.3, 0.4) is 0 Å². The van der Waals surface area contributed by atoms with Gasteiger partial charge in [-0.15, -0.1) is 0 Å². The average Bonchev–Trinajstić information content (AvgIpc) is 3.06. The molecule has 2 aromatic carbocycles. The Morgan fingerprint density at radius 3 is 2.48 bits per heavy atom. The van der Waals surface area contributed by atoms with Crippen LogP contribution in [0.1, 0.15) is 0 Å². The summed E-state index contributed by atoms with van der Waals surface area (Å²) < 4.78 is 5.22. The van der Waals surface area contributed by atoms with Crippen molar-refractivity contribution in [2.45, 2.75) is 0 Å². The van der Waals surface area contributed by atoms with Crippen molar-refractivity contribution in [3.05, 3.63) is 73.2 Å². The number of hydrogen-bond donors (Lipinski definition) is 1. The monoisotopic (exact) mass is 300 g/mol. The molecule has 2 heterocycles. The van der Waals surface area contributed by atoms with Gasteiger partial charge in [0.15, 0.2) is 0 Å². The van der Waals surface area contributed by atoms with Crippen LogP contribution < -0.4 is 4.74 Å². The second kappa shape index (κ2) is 5.61. The minimum atomic E-state index is 0.856. The van der Waals surface area contributed by atoms with Crippen LogP contribution in [0.5, 0.6) is 5.75 Å². The van der Waals surface area contributed by atoms with Gasteiger partial charge in [0, 0.05) is 46.2 Å². The Morgan fingerprint density at radius 2 is 1.65 bits per heavy atom. The van der Waals surface area contributed by atoms with Gasteiger partial charge < -0.3 is 9.72 Å². The number of fused-ring (bicyclic) bond motifs is 1. The molecule has 0 bridgehead atoms. The molecule has 0 saturated carbocycles. The Labute approximate surface area is 134 Å². The number of nitrogens with zero attached hydrogens (tertiary/aromatic N) is 1. The molecular formula is C20H16N2O. The van der Waals surface area contributed by atoms with E-state index in [0.29, 0.717) is 0 Å². The Balaban J connectivity index is 1.79. The fourth-order valence-corrected chi connectivity index (χ4v) is 2.84. The lowest BCUT2D eigenvalue weighted by Gasteiger charge is -2.06. The lowest BCUT2D eigenvalue weighted by atomic mass is 10.0. The maximum absolute atomic E-state index is 5.22. The number of pyridine rings is 1. The predicted molar refractivity (Wildman–Crippen MR) is 93.5 cm³/mol. The Kier molecular flexibility index (Phi) is 3.31. The van der Waals surface area contributed by atoms with E-state index in [1.165, 1.54) is 10.9 Å². The van der Waals surface area contributed by atoms with E-state index in [-0.39, 0.29) is 0 Å². The fourth-order valence-electron chi connectivity index (χ4n) is 2.84. The summed E-state index contributed by atoms with van der Waals surface area (Å²) in [6, 6.07) is 18.5. The first-order chi connectivity index (χ1) is 11.3. The van der Waals surface area contributed by atoms with Crippen molar-refractivity contribution >= 4 is 10.9 Å². The molecule has 23 heavy (non-hydrogen) atoms. The molecule has 3 heteroatoms. The van der Waals surface area contributed by atoms with Crippen molar-refractivity contribution in [3.8, 4) is 28.0 Å². The summed E-state index contributed by atoms with van der Waals surface area (Å²) in [6.07, 6.45) is 5.84. The number of methoxy groups -OCH3 is 1. The number of aromatic nitrogens is 2. The van der Waals surface area contributed by atoms with E-state index in [9.17, 15) is 0 Å². The van der Waals surface area contributed by atoms with Crippen LogP contribution in [0.15, 0.2) is 73.2 Å². The van der Waals surface area contributed by atoms with E-state index in [0.717, 1.165) is 28.0 Å². The van der Waals surface area contributed by atoms with Gasteiger partial charge >= 0.3 is 0 Å². The molecule has 0 radical (unpaired) electrons. The van der Waals surface area contributed by atoms with Crippen molar-refractivity contribution in [1.29, 1.82) is 0 Å². The van der Waals surface area contributed by atoms with Crippen molar-refractivity contribution in [1.82, 2.24) is 9.97 Å². The quantitative estimate of drug-likeness (QED) is 0.584. The SMILES string of the molecule is COc1ccc(-c2cncc(-c3c[nH]c4ccccc34)c2)cc1. The minimum absolute atomic E-state index is 0.856. The van der Waals surface area contributed by atoms with E-state index in [2.05, 4.69) is 46.4 Å². The maximum Gasteiger partial charge on any atom is 0.118 e. The summed E-state index contributed by atoms with van der Waals surface area (Å²) >= 11 is 0. The van der Waals surface area contributed by atoms with Crippen LogP contribution in [-0.2, 0) is 0 Å². The molecule has 2 aromatic heterocycles. The number of ether oxygens (including phenoxy) is 1. The first-order valence-corrected chi connectivity index (χ1v) is 7.51. The molecule has 0 aliphatic heterocycles. The zero-order chi connectivity index (χ0) is 15.6. The van der Waals surface area contributed by atoms with Crippen LogP contribution in [0.25, 0.3) is 33.2 Å². The van der Waals surface area contributed by atoms with Crippen LogP contribution >= 0.6 is 0 Å². The molecule has 0 fully saturated rings. The number of para-hydroxylation sites is 1. The highest BCUT2D eigenvalue weighted by Gasteiger charge is 2.07. The zero-order valence-electron chi connectivity index (χ0n) is 12.8. The molecule has 3 nitrogen and oxygen atoms in total.